The third-order valence-electron chi connectivity index (χ3n) is 2.56. The minimum Gasteiger partial charge on any atom is -0.481 e. The largest absolute Gasteiger partial charge is 0.481 e. The Hall–Kier alpha value is -0.610. The molecule has 1 N–H and O–H groups in total. The summed E-state index contributed by atoms with van der Waals surface area (Å²) in [5.74, 6) is -0.232. The molecule has 1 aliphatic heterocycles. The predicted molar refractivity (Wildman–Crippen MR) is 53.3 cm³/mol. The van der Waals surface area contributed by atoms with Gasteiger partial charge in [0.2, 0.25) is 0 Å². The third-order valence-corrected chi connectivity index (χ3v) is 2.56. The first-order valence-corrected chi connectivity index (χ1v) is 5.13. The standard InChI is InChI=1S/C10H19NO3/c1-8-6-11(3-4-14-7-8)9(2)5-10(12)13/h8-9H,3-7H2,1-2H3,(H,12,13). The van der Waals surface area contributed by atoms with Gasteiger partial charge in [-0.3, -0.25) is 9.69 Å². The average Bonchev–Trinajstić information content (AvgIpc) is 2.28. The Labute approximate surface area is 84.8 Å². The van der Waals surface area contributed by atoms with Gasteiger partial charge in [0.05, 0.1) is 19.6 Å². The van der Waals surface area contributed by atoms with Crippen molar-refractivity contribution in [3.8, 4) is 0 Å². The van der Waals surface area contributed by atoms with E-state index in [1.165, 1.54) is 0 Å². The number of hydrogen-bond donors (Lipinski definition) is 1. The molecule has 0 radical (unpaired) electrons. The maximum atomic E-state index is 10.6. The molecule has 14 heavy (non-hydrogen) atoms. The highest BCUT2D eigenvalue weighted by Crippen LogP contribution is 2.11. The molecule has 1 saturated heterocycles. The van der Waals surface area contributed by atoms with E-state index in [-0.39, 0.29) is 12.5 Å². The highest BCUT2D eigenvalue weighted by Gasteiger charge is 2.21. The van der Waals surface area contributed by atoms with Gasteiger partial charge in [-0.2, -0.15) is 0 Å². The van der Waals surface area contributed by atoms with Crippen LogP contribution in [-0.4, -0.2) is 48.3 Å². The molecular formula is C10H19NO3. The van der Waals surface area contributed by atoms with E-state index in [1.807, 2.05) is 6.92 Å². The second kappa shape index (κ2) is 5.32. The number of carbonyl (C=O) groups is 1. The number of carboxylic acids is 1. The Balaban J connectivity index is 2.43. The molecule has 2 atom stereocenters. The van der Waals surface area contributed by atoms with Crippen molar-refractivity contribution < 1.29 is 14.6 Å². The summed E-state index contributed by atoms with van der Waals surface area (Å²) in [4.78, 5) is 12.8. The lowest BCUT2D eigenvalue weighted by atomic mass is 10.1. The van der Waals surface area contributed by atoms with Gasteiger partial charge in [-0.05, 0) is 12.8 Å². The minimum atomic E-state index is -0.727. The molecular weight excluding hydrogens is 182 g/mol. The van der Waals surface area contributed by atoms with E-state index in [4.69, 9.17) is 9.84 Å². The summed E-state index contributed by atoms with van der Waals surface area (Å²) >= 11 is 0. The molecule has 2 unspecified atom stereocenters. The zero-order valence-electron chi connectivity index (χ0n) is 8.90. The van der Waals surface area contributed by atoms with Gasteiger partial charge in [0, 0.05) is 19.1 Å². The zero-order chi connectivity index (χ0) is 10.6. The van der Waals surface area contributed by atoms with Gasteiger partial charge in [0.1, 0.15) is 0 Å². The highest BCUT2D eigenvalue weighted by molar-refractivity contribution is 5.67. The lowest BCUT2D eigenvalue weighted by molar-refractivity contribution is -0.138. The Morgan fingerprint density at radius 3 is 3.07 bits per heavy atom. The van der Waals surface area contributed by atoms with Gasteiger partial charge < -0.3 is 9.84 Å². The number of rotatable bonds is 3. The second-order valence-electron chi connectivity index (χ2n) is 4.12. The lowest BCUT2D eigenvalue weighted by Gasteiger charge is -2.27. The molecule has 0 aromatic rings. The summed E-state index contributed by atoms with van der Waals surface area (Å²) in [5, 5.41) is 8.69. The summed E-state index contributed by atoms with van der Waals surface area (Å²) in [6, 6.07) is 0.108. The van der Waals surface area contributed by atoms with Gasteiger partial charge in [-0.15, -0.1) is 0 Å². The fourth-order valence-corrected chi connectivity index (χ4v) is 1.79. The SMILES string of the molecule is CC1COCCN(C(C)CC(=O)O)C1. The summed E-state index contributed by atoms with van der Waals surface area (Å²) in [5.41, 5.74) is 0. The summed E-state index contributed by atoms with van der Waals surface area (Å²) < 4.78 is 5.40. The van der Waals surface area contributed by atoms with Gasteiger partial charge in [0.15, 0.2) is 0 Å². The number of aliphatic carboxylic acids is 1. The van der Waals surface area contributed by atoms with E-state index in [9.17, 15) is 4.79 Å². The van der Waals surface area contributed by atoms with Crippen molar-refractivity contribution in [3.63, 3.8) is 0 Å². The van der Waals surface area contributed by atoms with Crippen LogP contribution in [0.5, 0.6) is 0 Å². The molecule has 1 rings (SSSR count). The summed E-state index contributed by atoms with van der Waals surface area (Å²) in [6.07, 6.45) is 0.215. The fraction of sp³-hybridized carbons (Fsp3) is 0.900. The second-order valence-corrected chi connectivity index (χ2v) is 4.12. The zero-order valence-corrected chi connectivity index (χ0v) is 8.90. The van der Waals surface area contributed by atoms with Crippen LogP contribution >= 0.6 is 0 Å². The van der Waals surface area contributed by atoms with Gasteiger partial charge in [-0.1, -0.05) is 6.92 Å². The van der Waals surface area contributed by atoms with Crippen LogP contribution in [0.2, 0.25) is 0 Å². The van der Waals surface area contributed by atoms with Gasteiger partial charge in [-0.25, -0.2) is 0 Å². The molecule has 0 bridgehead atoms. The quantitative estimate of drug-likeness (QED) is 0.734. The Morgan fingerprint density at radius 2 is 2.43 bits per heavy atom. The van der Waals surface area contributed by atoms with Crippen molar-refractivity contribution in [1.29, 1.82) is 0 Å². The van der Waals surface area contributed by atoms with Gasteiger partial charge >= 0.3 is 5.97 Å². The maximum Gasteiger partial charge on any atom is 0.304 e. The minimum absolute atomic E-state index is 0.108. The van der Waals surface area contributed by atoms with Crippen molar-refractivity contribution in [1.82, 2.24) is 4.90 Å². The number of carboxylic acid groups (broad SMARTS) is 1. The Morgan fingerprint density at radius 1 is 1.71 bits per heavy atom. The Kier molecular flexibility index (Phi) is 4.35. The molecule has 0 spiro atoms. The van der Waals surface area contributed by atoms with E-state index >= 15 is 0 Å². The van der Waals surface area contributed by atoms with Crippen molar-refractivity contribution in [3.05, 3.63) is 0 Å². The molecule has 1 heterocycles. The van der Waals surface area contributed by atoms with Crippen LogP contribution in [0.4, 0.5) is 0 Å². The van der Waals surface area contributed by atoms with E-state index in [1.54, 1.807) is 0 Å². The molecule has 4 nitrogen and oxygen atoms in total. The smallest absolute Gasteiger partial charge is 0.304 e. The van der Waals surface area contributed by atoms with E-state index < -0.39 is 5.97 Å². The van der Waals surface area contributed by atoms with Crippen molar-refractivity contribution in [2.75, 3.05) is 26.3 Å². The van der Waals surface area contributed by atoms with Crippen LogP contribution in [0.1, 0.15) is 20.3 Å². The van der Waals surface area contributed by atoms with E-state index in [0.29, 0.717) is 12.5 Å². The fourth-order valence-electron chi connectivity index (χ4n) is 1.79. The van der Waals surface area contributed by atoms with Crippen LogP contribution in [0, 0.1) is 5.92 Å². The molecule has 1 fully saturated rings. The van der Waals surface area contributed by atoms with Crippen molar-refractivity contribution in [2.24, 2.45) is 5.92 Å². The Bertz CT molecular complexity index is 196. The predicted octanol–water partition coefficient (Wildman–Crippen LogP) is 0.818. The third kappa shape index (κ3) is 3.64. The maximum absolute atomic E-state index is 10.6. The van der Waals surface area contributed by atoms with Gasteiger partial charge in [0.25, 0.3) is 0 Å². The highest BCUT2D eigenvalue weighted by atomic mass is 16.5. The molecule has 0 aromatic heterocycles. The van der Waals surface area contributed by atoms with E-state index in [2.05, 4.69) is 11.8 Å². The number of hydrogen-bond acceptors (Lipinski definition) is 3. The van der Waals surface area contributed by atoms with Crippen molar-refractivity contribution >= 4 is 5.97 Å². The molecule has 1 aliphatic rings. The molecule has 0 aliphatic carbocycles. The molecule has 0 amide bonds. The topological polar surface area (TPSA) is 49.8 Å². The van der Waals surface area contributed by atoms with Crippen LogP contribution in [0.3, 0.4) is 0 Å². The van der Waals surface area contributed by atoms with Crippen LogP contribution in [0.25, 0.3) is 0 Å². The summed E-state index contributed by atoms with van der Waals surface area (Å²) in [6.45, 7) is 7.38. The monoisotopic (exact) mass is 201 g/mol. The normalized spacial score (nSPS) is 26.9. The van der Waals surface area contributed by atoms with Crippen LogP contribution in [-0.2, 0) is 9.53 Å². The van der Waals surface area contributed by atoms with Crippen LogP contribution in [0.15, 0.2) is 0 Å². The van der Waals surface area contributed by atoms with E-state index in [0.717, 1.165) is 19.7 Å². The lowest BCUT2D eigenvalue weighted by Crippen LogP contribution is -2.38. The first-order chi connectivity index (χ1) is 6.59. The molecule has 0 saturated carbocycles. The molecule has 4 heteroatoms. The molecule has 82 valence electrons. The number of nitrogens with zero attached hydrogens (tertiary/aromatic N) is 1. The summed E-state index contributed by atoms with van der Waals surface area (Å²) in [7, 11) is 0. The average molecular weight is 201 g/mol. The number of ether oxygens (including phenoxy) is 1. The first kappa shape index (κ1) is 11.5. The first-order valence-electron chi connectivity index (χ1n) is 5.13. The molecule has 0 aromatic carbocycles. The van der Waals surface area contributed by atoms with Crippen LogP contribution < -0.4 is 0 Å². The van der Waals surface area contributed by atoms with Crippen molar-refractivity contribution in [2.45, 2.75) is 26.3 Å².